The highest BCUT2D eigenvalue weighted by Crippen LogP contribution is 2.26. The average Bonchev–Trinajstić information content (AvgIpc) is 3.16. The fourth-order valence-corrected chi connectivity index (χ4v) is 3.79. The number of amides is 1. The van der Waals surface area contributed by atoms with Crippen molar-refractivity contribution in [3.05, 3.63) is 53.5 Å². The van der Waals surface area contributed by atoms with Crippen molar-refractivity contribution in [3.63, 3.8) is 0 Å². The fraction of sp³-hybridized carbons (Fsp3) is 0.300. The van der Waals surface area contributed by atoms with Crippen LogP contribution in [0.4, 0.5) is 0 Å². The molecule has 1 N–H and O–H groups in total. The van der Waals surface area contributed by atoms with Gasteiger partial charge >= 0.3 is 0 Å². The van der Waals surface area contributed by atoms with E-state index >= 15 is 0 Å². The van der Waals surface area contributed by atoms with E-state index in [1.807, 2.05) is 29.8 Å². The molecule has 3 aromatic rings. The van der Waals surface area contributed by atoms with E-state index in [2.05, 4.69) is 33.4 Å². The minimum Gasteiger partial charge on any atom is -0.379 e. The standard InChI is InChI=1S/C20H21N3O2S/c24-20(21-6-7-23-8-10-25-11-9-23)17-3-1-2-15(12-17)16-4-5-19-18(13-16)22-14-26-19/h1-5,12-14H,6-11H2,(H,21,24). The first-order valence-electron chi connectivity index (χ1n) is 8.81. The first-order chi connectivity index (χ1) is 12.8. The van der Waals surface area contributed by atoms with Crippen LogP contribution in [0.1, 0.15) is 10.4 Å². The van der Waals surface area contributed by atoms with Gasteiger partial charge in [-0.2, -0.15) is 0 Å². The molecule has 6 heteroatoms. The molecule has 0 unspecified atom stereocenters. The molecule has 5 nitrogen and oxygen atoms in total. The molecule has 1 fully saturated rings. The summed E-state index contributed by atoms with van der Waals surface area (Å²) in [5.41, 5.74) is 5.63. The lowest BCUT2D eigenvalue weighted by molar-refractivity contribution is 0.0383. The third-order valence-electron chi connectivity index (χ3n) is 4.61. The Bertz CT molecular complexity index is 903. The average molecular weight is 367 g/mol. The van der Waals surface area contributed by atoms with Crippen LogP contribution in [0.2, 0.25) is 0 Å². The number of nitrogens with zero attached hydrogens (tertiary/aromatic N) is 2. The van der Waals surface area contributed by atoms with Crippen molar-refractivity contribution < 1.29 is 9.53 Å². The molecule has 1 aliphatic heterocycles. The monoisotopic (exact) mass is 367 g/mol. The van der Waals surface area contributed by atoms with Crippen LogP contribution < -0.4 is 5.32 Å². The summed E-state index contributed by atoms with van der Waals surface area (Å²) in [5.74, 6) is -0.0326. The molecule has 1 aliphatic rings. The van der Waals surface area contributed by atoms with E-state index in [1.54, 1.807) is 11.3 Å². The van der Waals surface area contributed by atoms with Gasteiger partial charge in [0.1, 0.15) is 0 Å². The largest absolute Gasteiger partial charge is 0.379 e. The van der Waals surface area contributed by atoms with Crippen molar-refractivity contribution in [3.8, 4) is 11.1 Å². The quantitative estimate of drug-likeness (QED) is 0.753. The number of carbonyl (C=O) groups excluding carboxylic acids is 1. The molecular weight excluding hydrogens is 346 g/mol. The number of thiazole rings is 1. The van der Waals surface area contributed by atoms with Crippen LogP contribution in [0.5, 0.6) is 0 Å². The molecule has 1 amide bonds. The van der Waals surface area contributed by atoms with Gasteiger partial charge in [0.25, 0.3) is 5.91 Å². The molecule has 2 aromatic carbocycles. The maximum absolute atomic E-state index is 12.5. The molecule has 0 bridgehead atoms. The number of fused-ring (bicyclic) bond motifs is 1. The number of rotatable bonds is 5. The molecule has 1 aromatic heterocycles. The van der Waals surface area contributed by atoms with Crippen LogP contribution in [-0.4, -0.2) is 55.2 Å². The maximum Gasteiger partial charge on any atom is 0.251 e. The first-order valence-corrected chi connectivity index (χ1v) is 9.69. The highest BCUT2D eigenvalue weighted by molar-refractivity contribution is 7.16. The molecule has 0 aliphatic carbocycles. The number of carbonyl (C=O) groups is 1. The topological polar surface area (TPSA) is 54.5 Å². The molecule has 0 atom stereocenters. The van der Waals surface area contributed by atoms with Crippen LogP contribution in [0.15, 0.2) is 48.0 Å². The van der Waals surface area contributed by atoms with Gasteiger partial charge in [0.2, 0.25) is 0 Å². The van der Waals surface area contributed by atoms with E-state index in [0.717, 1.165) is 49.5 Å². The SMILES string of the molecule is O=C(NCCN1CCOCC1)c1cccc(-c2ccc3scnc3c2)c1. The van der Waals surface area contributed by atoms with Crippen LogP contribution in [0.25, 0.3) is 21.3 Å². The smallest absolute Gasteiger partial charge is 0.251 e. The summed E-state index contributed by atoms with van der Waals surface area (Å²) in [6.45, 7) is 4.93. The Morgan fingerprint density at radius 2 is 2.00 bits per heavy atom. The van der Waals surface area contributed by atoms with Gasteiger partial charge in [-0.1, -0.05) is 18.2 Å². The minimum absolute atomic E-state index is 0.0326. The Labute approximate surface area is 156 Å². The lowest BCUT2D eigenvalue weighted by Crippen LogP contribution is -2.41. The van der Waals surface area contributed by atoms with Gasteiger partial charge in [0.15, 0.2) is 0 Å². The Kier molecular flexibility index (Phi) is 5.24. The number of aromatic nitrogens is 1. The van der Waals surface area contributed by atoms with Gasteiger partial charge in [0.05, 0.1) is 28.9 Å². The molecule has 2 heterocycles. The van der Waals surface area contributed by atoms with E-state index in [-0.39, 0.29) is 5.91 Å². The van der Waals surface area contributed by atoms with Crippen LogP contribution in [-0.2, 0) is 4.74 Å². The highest BCUT2D eigenvalue weighted by Gasteiger charge is 2.11. The number of benzene rings is 2. The maximum atomic E-state index is 12.5. The Morgan fingerprint density at radius 1 is 1.15 bits per heavy atom. The summed E-state index contributed by atoms with van der Waals surface area (Å²) in [6, 6.07) is 14.0. The second kappa shape index (κ2) is 7.95. The van der Waals surface area contributed by atoms with Crippen LogP contribution >= 0.6 is 11.3 Å². The van der Waals surface area contributed by atoms with Crippen molar-refractivity contribution in [2.24, 2.45) is 0 Å². The Balaban J connectivity index is 1.42. The Hall–Kier alpha value is -2.28. The van der Waals surface area contributed by atoms with E-state index in [9.17, 15) is 4.79 Å². The van der Waals surface area contributed by atoms with Gasteiger partial charge in [-0.05, 0) is 35.4 Å². The van der Waals surface area contributed by atoms with Gasteiger partial charge < -0.3 is 10.1 Å². The summed E-state index contributed by atoms with van der Waals surface area (Å²) in [7, 11) is 0. The van der Waals surface area contributed by atoms with Gasteiger partial charge in [-0.3, -0.25) is 9.69 Å². The van der Waals surface area contributed by atoms with Crippen LogP contribution in [0.3, 0.4) is 0 Å². The second-order valence-corrected chi connectivity index (χ2v) is 7.21. The van der Waals surface area contributed by atoms with Crippen molar-refractivity contribution in [1.82, 2.24) is 15.2 Å². The number of hydrogen-bond donors (Lipinski definition) is 1. The minimum atomic E-state index is -0.0326. The predicted octanol–water partition coefficient (Wildman–Crippen LogP) is 3.03. The van der Waals surface area contributed by atoms with Crippen molar-refractivity contribution in [1.29, 1.82) is 0 Å². The van der Waals surface area contributed by atoms with Gasteiger partial charge in [-0.25, -0.2) is 4.98 Å². The lowest BCUT2D eigenvalue weighted by Gasteiger charge is -2.26. The molecule has 4 rings (SSSR count). The van der Waals surface area contributed by atoms with E-state index < -0.39 is 0 Å². The highest BCUT2D eigenvalue weighted by atomic mass is 32.1. The van der Waals surface area contributed by atoms with E-state index in [0.29, 0.717) is 12.1 Å². The zero-order valence-corrected chi connectivity index (χ0v) is 15.3. The lowest BCUT2D eigenvalue weighted by atomic mass is 10.0. The number of nitrogens with one attached hydrogen (secondary N) is 1. The van der Waals surface area contributed by atoms with E-state index in [4.69, 9.17) is 4.74 Å². The molecule has 26 heavy (non-hydrogen) atoms. The van der Waals surface area contributed by atoms with Gasteiger partial charge in [0, 0.05) is 31.7 Å². The molecule has 134 valence electrons. The molecule has 0 spiro atoms. The number of hydrogen-bond acceptors (Lipinski definition) is 5. The summed E-state index contributed by atoms with van der Waals surface area (Å²) >= 11 is 1.63. The third kappa shape index (κ3) is 3.93. The summed E-state index contributed by atoms with van der Waals surface area (Å²) in [4.78, 5) is 19.2. The summed E-state index contributed by atoms with van der Waals surface area (Å²) in [6.07, 6.45) is 0. The van der Waals surface area contributed by atoms with Gasteiger partial charge in [-0.15, -0.1) is 11.3 Å². The molecular formula is C20H21N3O2S. The number of ether oxygens (including phenoxy) is 1. The fourth-order valence-electron chi connectivity index (χ4n) is 3.13. The number of morpholine rings is 1. The zero-order chi connectivity index (χ0) is 17.8. The molecule has 0 radical (unpaired) electrons. The zero-order valence-electron chi connectivity index (χ0n) is 14.5. The Morgan fingerprint density at radius 3 is 2.88 bits per heavy atom. The molecule has 0 saturated carbocycles. The molecule has 1 saturated heterocycles. The first kappa shape index (κ1) is 17.1. The summed E-state index contributed by atoms with van der Waals surface area (Å²) < 4.78 is 6.51. The van der Waals surface area contributed by atoms with Crippen LogP contribution in [0, 0.1) is 0 Å². The van der Waals surface area contributed by atoms with Crippen molar-refractivity contribution >= 4 is 27.5 Å². The normalized spacial score (nSPS) is 15.2. The van der Waals surface area contributed by atoms with Crippen molar-refractivity contribution in [2.45, 2.75) is 0 Å². The van der Waals surface area contributed by atoms with Crippen molar-refractivity contribution in [2.75, 3.05) is 39.4 Å². The van der Waals surface area contributed by atoms with E-state index in [1.165, 1.54) is 4.70 Å². The summed E-state index contributed by atoms with van der Waals surface area (Å²) in [5, 5.41) is 3.02. The second-order valence-electron chi connectivity index (χ2n) is 6.33. The third-order valence-corrected chi connectivity index (χ3v) is 5.42. The predicted molar refractivity (Wildman–Crippen MR) is 105 cm³/mol.